The van der Waals surface area contributed by atoms with E-state index < -0.39 is 5.91 Å². The molecule has 0 spiro atoms. The van der Waals surface area contributed by atoms with Crippen molar-refractivity contribution in [1.29, 1.82) is 0 Å². The van der Waals surface area contributed by atoms with E-state index >= 15 is 0 Å². The van der Waals surface area contributed by atoms with E-state index in [4.69, 9.17) is 16.2 Å². The Bertz CT molecular complexity index is 567. The standard InChI is InChI=1S/C14H15N3O2/c15-7-5-10-1-3-11(4-2-10)19-12-6-8-17-13(9-12)14(16)18/h1-4,6,8-9H,5,7,15H2,(H2,16,18). The average Bonchev–Trinajstić information content (AvgIpc) is 2.42. The number of benzene rings is 1. The lowest BCUT2D eigenvalue weighted by atomic mass is 10.1. The van der Waals surface area contributed by atoms with Crippen molar-refractivity contribution in [2.45, 2.75) is 6.42 Å². The molecular weight excluding hydrogens is 242 g/mol. The Kier molecular flexibility index (Phi) is 4.10. The van der Waals surface area contributed by atoms with Gasteiger partial charge in [-0.15, -0.1) is 0 Å². The lowest BCUT2D eigenvalue weighted by Gasteiger charge is -2.07. The van der Waals surface area contributed by atoms with Crippen LogP contribution in [0, 0.1) is 0 Å². The van der Waals surface area contributed by atoms with Crippen LogP contribution in [-0.2, 0) is 6.42 Å². The summed E-state index contributed by atoms with van der Waals surface area (Å²) in [6, 6.07) is 10.8. The van der Waals surface area contributed by atoms with Crippen molar-refractivity contribution < 1.29 is 9.53 Å². The fourth-order valence-electron chi connectivity index (χ4n) is 1.64. The Hall–Kier alpha value is -2.40. The summed E-state index contributed by atoms with van der Waals surface area (Å²) >= 11 is 0. The molecule has 0 radical (unpaired) electrons. The first-order chi connectivity index (χ1) is 9.19. The highest BCUT2D eigenvalue weighted by Gasteiger charge is 2.04. The number of pyridine rings is 1. The molecule has 1 heterocycles. The van der Waals surface area contributed by atoms with Gasteiger partial charge >= 0.3 is 0 Å². The smallest absolute Gasteiger partial charge is 0.267 e. The summed E-state index contributed by atoms with van der Waals surface area (Å²) in [5.41, 5.74) is 12.0. The number of hydrogen-bond acceptors (Lipinski definition) is 4. The van der Waals surface area contributed by atoms with Gasteiger partial charge in [-0.1, -0.05) is 12.1 Å². The molecule has 0 saturated heterocycles. The second-order valence-corrected chi connectivity index (χ2v) is 4.03. The number of nitrogens with zero attached hydrogens (tertiary/aromatic N) is 1. The molecule has 19 heavy (non-hydrogen) atoms. The first-order valence-corrected chi connectivity index (χ1v) is 5.92. The van der Waals surface area contributed by atoms with E-state index in [0.29, 0.717) is 18.0 Å². The minimum absolute atomic E-state index is 0.178. The largest absolute Gasteiger partial charge is 0.457 e. The summed E-state index contributed by atoms with van der Waals surface area (Å²) in [7, 11) is 0. The number of amides is 1. The predicted molar refractivity (Wildman–Crippen MR) is 72.0 cm³/mol. The molecule has 2 rings (SSSR count). The quantitative estimate of drug-likeness (QED) is 0.848. The zero-order chi connectivity index (χ0) is 13.7. The summed E-state index contributed by atoms with van der Waals surface area (Å²) in [5, 5.41) is 0. The number of ether oxygens (including phenoxy) is 1. The first-order valence-electron chi connectivity index (χ1n) is 5.92. The van der Waals surface area contributed by atoms with E-state index in [0.717, 1.165) is 12.0 Å². The molecule has 1 amide bonds. The van der Waals surface area contributed by atoms with Crippen LogP contribution >= 0.6 is 0 Å². The third-order valence-electron chi connectivity index (χ3n) is 2.58. The zero-order valence-corrected chi connectivity index (χ0v) is 10.4. The molecule has 0 aliphatic carbocycles. The van der Waals surface area contributed by atoms with Gasteiger partial charge in [-0.2, -0.15) is 0 Å². The van der Waals surface area contributed by atoms with Crippen LogP contribution in [0.2, 0.25) is 0 Å². The molecule has 5 nitrogen and oxygen atoms in total. The Morgan fingerprint density at radius 1 is 1.16 bits per heavy atom. The van der Waals surface area contributed by atoms with E-state index in [1.165, 1.54) is 12.3 Å². The maximum atomic E-state index is 11.0. The average molecular weight is 257 g/mol. The van der Waals surface area contributed by atoms with Crippen molar-refractivity contribution in [2.75, 3.05) is 6.54 Å². The minimum Gasteiger partial charge on any atom is -0.457 e. The fraction of sp³-hybridized carbons (Fsp3) is 0.143. The van der Waals surface area contributed by atoms with E-state index in [1.54, 1.807) is 6.07 Å². The number of nitrogens with two attached hydrogens (primary N) is 2. The van der Waals surface area contributed by atoms with E-state index in [9.17, 15) is 4.79 Å². The van der Waals surface area contributed by atoms with E-state index in [1.807, 2.05) is 24.3 Å². The number of rotatable bonds is 5. The van der Waals surface area contributed by atoms with Gasteiger partial charge in [0.15, 0.2) is 0 Å². The molecule has 1 aromatic heterocycles. The Labute approximate surface area is 111 Å². The predicted octanol–water partition coefficient (Wildman–Crippen LogP) is 1.47. The monoisotopic (exact) mass is 257 g/mol. The summed E-state index contributed by atoms with van der Waals surface area (Å²) in [6.07, 6.45) is 2.32. The van der Waals surface area contributed by atoms with Crippen molar-refractivity contribution in [3.05, 3.63) is 53.9 Å². The summed E-state index contributed by atoms with van der Waals surface area (Å²) < 4.78 is 5.62. The second kappa shape index (κ2) is 5.97. The maximum absolute atomic E-state index is 11.0. The second-order valence-electron chi connectivity index (χ2n) is 4.03. The van der Waals surface area contributed by atoms with Gasteiger partial charge in [-0.25, -0.2) is 0 Å². The highest BCUT2D eigenvalue weighted by Crippen LogP contribution is 2.21. The van der Waals surface area contributed by atoms with Crippen LogP contribution in [0.1, 0.15) is 16.1 Å². The molecule has 1 aromatic carbocycles. The van der Waals surface area contributed by atoms with Crippen LogP contribution in [0.5, 0.6) is 11.5 Å². The molecule has 0 fully saturated rings. The van der Waals surface area contributed by atoms with Gasteiger partial charge in [0.2, 0.25) is 0 Å². The molecule has 0 unspecified atom stereocenters. The van der Waals surface area contributed by atoms with Crippen molar-refractivity contribution in [2.24, 2.45) is 11.5 Å². The SMILES string of the molecule is NCCc1ccc(Oc2ccnc(C(N)=O)c2)cc1. The van der Waals surface area contributed by atoms with Crippen LogP contribution in [0.3, 0.4) is 0 Å². The molecule has 0 bridgehead atoms. The van der Waals surface area contributed by atoms with Crippen LogP contribution < -0.4 is 16.2 Å². The van der Waals surface area contributed by atoms with Gasteiger partial charge in [0, 0.05) is 12.3 Å². The Balaban J connectivity index is 2.12. The summed E-state index contributed by atoms with van der Waals surface area (Å²) in [6.45, 7) is 0.618. The number of hydrogen-bond donors (Lipinski definition) is 2. The lowest BCUT2D eigenvalue weighted by Crippen LogP contribution is -2.12. The van der Waals surface area contributed by atoms with Gasteiger partial charge < -0.3 is 16.2 Å². The molecule has 0 atom stereocenters. The molecule has 2 aromatic rings. The van der Waals surface area contributed by atoms with Crippen molar-refractivity contribution >= 4 is 5.91 Å². The van der Waals surface area contributed by atoms with Gasteiger partial charge in [0.25, 0.3) is 5.91 Å². The zero-order valence-electron chi connectivity index (χ0n) is 10.4. The fourth-order valence-corrected chi connectivity index (χ4v) is 1.64. The summed E-state index contributed by atoms with van der Waals surface area (Å²) in [4.78, 5) is 14.9. The highest BCUT2D eigenvalue weighted by atomic mass is 16.5. The summed E-state index contributed by atoms with van der Waals surface area (Å²) in [5.74, 6) is 0.626. The molecule has 98 valence electrons. The lowest BCUT2D eigenvalue weighted by molar-refractivity contribution is 0.0995. The van der Waals surface area contributed by atoms with E-state index in [-0.39, 0.29) is 5.69 Å². The number of carbonyl (C=O) groups is 1. The van der Waals surface area contributed by atoms with Crippen molar-refractivity contribution in [1.82, 2.24) is 4.98 Å². The minimum atomic E-state index is -0.580. The number of aromatic nitrogens is 1. The number of carbonyl (C=O) groups excluding carboxylic acids is 1. The topological polar surface area (TPSA) is 91.2 Å². The normalized spacial score (nSPS) is 10.2. The molecule has 0 aliphatic heterocycles. The third kappa shape index (κ3) is 3.53. The molecule has 5 heteroatoms. The van der Waals surface area contributed by atoms with Crippen molar-refractivity contribution in [3.8, 4) is 11.5 Å². The van der Waals surface area contributed by atoms with Crippen LogP contribution in [-0.4, -0.2) is 17.4 Å². The van der Waals surface area contributed by atoms with Gasteiger partial charge in [-0.3, -0.25) is 9.78 Å². The number of primary amides is 1. The molecule has 4 N–H and O–H groups in total. The third-order valence-corrected chi connectivity index (χ3v) is 2.58. The maximum Gasteiger partial charge on any atom is 0.267 e. The van der Waals surface area contributed by atoms with Gasteiger partial charge in [0.1, 0.15) is 17.2 Å². The molecular formula is C14H15N3O2. The van der Waals surface area contributed by atoms with Gasteiger partial charge in [-0.05, 0) is 36.7 Å². The van der Waals surface area contributed by atoms with Gasteiger partial charge in [0.05, 0.1) is 0 Å². The molecule has 0 aliphatic rings. The Morgan fingerprint density at radius 2 is 1.89 bits per heavy atom. The van der Waals surface area contributed by atoms with Crippen molar-refractivity contribution in [3.63, 3.8) is 0 Å². The van der Waals surface area contributed by atoms with Crippen LogP contribution in [0.4, 0.5) is 0 Å². The van der Waals surface area contributed by atoms with Crippen LogP contribution in [0.15, 0.2) is 42.6 Å². The highest BCUT2D eigenvalue weighted by molar-refractivity contribution is 5.91. The van der Waals surface area contributed by atoms with E-state index in [2.05, 4.69) is 4.98 Å². The van der Waals surface area contributed by atoms with Crippen LogP contribution in [0.25, 0.3) is 0 Å². The first kappa shape index (κ1) is 13.0. The molecule has 0 saturated carbocycles. The Morgan fingerprint density at radius 3 is 2.53 bits per heavy atom.